The van der Waals surface area contributed by atoms with Gasteiger partial charge in [-0.05, 0) is 42.4 Å². The molecule has 5 rings (SSSR count). The highest BCUT2D eigenvalue weighted by atomic mass is 32.1. The van der Waals surface area contributed by atoms with Crippen LogP contribution in [0.2, 0.25) is 0 Å². The van der Waals surface area contributed by atoms with Crippen molar-refractivity contribution >= 4 is 40.6 Å². The monoisotopic (exact) mass is 589 g/mol. The van der Waals surface area contributed by atoms with Crippen LogP contribution in [-0.2, 0) is 20.9 Å². The number of para-hydroxylation sites is 1. The summed E-state index contributed by atoms with van der Waals surface area (Å²) in [5.41, 5.74) is 1.59. The molecule has 1 N–H and O–H groups in total. The highest BCUT2D eigenvalue weighted by molar-refractivity contribution is 7.09. The lowest BCUT2D eigenvalue weighted by Gasteiger charge is -2.32. The second kappa shape index (κ2) is 12.6. The lowest BCUT2D eigenvalue weighted by Crippen LogP contribution is -2.40. The molecular weight excluding hydrogens is 550 g/mol. The molecule has 2 unspecified atom stereocenters. The number of aromatic nitrogens is 2. The van der Waals surface area contributed by atoms with Gasteiger partial charge in [-0.25, -0.2) is 9.97 Å². The van der Waals surface area contributed by atoms with Crippen LogP contribution in [0.3, 0.4) is 0 Å². The number of carbonyl (C=O) groups is 3. The first-order chi connectivity index (χ1) is 20.1. The van der Waals surface area contributed by atoms with Crippen molar-refractivity contribution in [2.24, 2.45) is 17.3 Å². The maximum Gasteiger partial charge on any atom is 0.303 e. The zero-order valence-electron chi connectivity index (χ0n) is 24.7. The minimum absolute atomic E-state index is 0.0333. The number of pyridine rings is 1. The number of carbonyl (C=O) groups excluding carboxylic acids is 3. The molecule has 2 aromatic heterocycles. The van der Waals surface area contributed by atoms with Gasteiger partial charge >= 0.3 is 5.97 Å². The summed E-state index contributed by atoms with van der Waals surface area (Å²) in [5, 5.41) is 5.87. The third kappa shape index (κ3) is 6.81. The molecule has 4 heterocycles. The Morgan fingerprint density at radius 3 is 2.52 bits per heavy atom. The Kier molecular flexibility index (Phi) is 8.91. The summed E-state index contributed by atoms with van der Waals surface area (Å²) in [5.74, 6) is 0.492. The molecule has 3 aromatic rings. The number of fused-ring (bicyclic) bond motifs is 1. The largest absolute Gasteiger partial charge is 0.458 e. The van der Waals surface area contributed by atoms with E-state index in [0.717, 1.165) is 30.8 Å². The Bertz CT molecular complexity index is 1410. The summed E-state index contributed by atoms with van der Waals surface area (Å²) in [6.45, 7) is 9.94. The van der Waals surface area contributed by atoms with E-state index in [2.05, 4.69) is 10.3 Å². The van der Waals surface area contributed by atoms with Gasteiger partial charge in [0.25, 0.3) is 5.91 Å². The quantitative estimate of drug-likeness (QED) is 0.352. The van der Waals surface area contributed by atoms with Crippen molar-refractivity contribution in [3.8, 4) is 0 Å². The van der Waals surface area contributed by atoms with E-state index in [9.17, 15) is 14.4 Å². The molecule has 0 aliphatic carbocycles. The SMILES string of the molecule is CC(=O)OC1CC(C(C)(C)C)C(=O)N(Cc2nc(C(=O)N3CCC(CNc4ccccn4)CC3)cs2)c2ccccc21. The molecular formula is C32H39N5O4S. The zero-order valence-corrected chi connectivity index (χ0v) is 25.5. The third-order valence-corrected chi connectivity index (χ3v) is 8.98. The Morgan fingerprint density at radius 2 is 1.83 bits per heavy atom. The van der Waals surface area contributed by atoms with Crippen LogP contribution in [0.1, 0.15) is 74.1 Å². The van der Waals surface area contributed by atoms with E-state index in [4.69, 9.17) is 9.72 Å². The number of hydrogen-bond acceptors (Lipinski definition) is 8. The Morgan fingerprint density at radius 1 is 1.10 bits per heavy atom. The Balaban J connectivity index is 1.28. The van der Waals surface area contributed by atoms with Gasteiger partial charge in [-0.2, -0.15) is 0 Å². The molecule has 222 valence electrons. The maximum absolute atomic E-state index is 14.0. The maximum atomic E-state index is 14.0. The van der Waals surface area contributed by atoms with Gasteiger partial charge in [0.05, 0.1) is 12.2 Å². The molecule has 0 radical (unpaired) electrons. The number of likely N-dealkylation sites (tertiary alicyclic amines) is 1. The summed E-state index contributed by atoms with van der Waals surface area (Å²) in [6.07, 6.45) is 3.49. The van der Waals surface area contributed by atoms with Crippen molar-refractivity contribution in [2.45, 2.75) is 59.6 Å². The van der Waals surface area contributed by atoms with E-state index in [1.165, 1.54) is 18.3 Å². The number of rotatable bonds is 7. The second-order valence-electron chi connectivity index (χ2n) is 12.2. The van der Waals surface area contributed by atoms with Crippen LogP contribution in [0.15, 0.2) is 54.0 Å². The number of thiazole rings is 1. The molecule has 0 spiro atoms. The van der Waals surface area contributed by atoms with Crippen LogP contribution >= 0.6 is 11.3 Å². The van der Waals surface area contributed by atoms with Crippen molar-refractivity contribution < 1.29 is 19.1 Å². The molecule has 0 bridgehead atoms. The summed E-state index contributed by atoms with van der Waals surface area (Å²) < 4.78 is 5.73. The Labute approximate surface area is 251 Å². The molecule has 2 aliphatic heterocycles. The number of piperidine rings is 1. The summed E-state index contributed by atoms with van der Waals surface area (Å²) >= 11 is 1.39. The number of ether oxygens (including phenoxy) is 1. The predicted molar refractivity (Wildman–Crippen MR) is 163 cm³/mol. The van der Waals surface area contributed by atoms with Gasteiger partial charge in [-0.3, -0.25) is 14.4 Å². The van der Waals surface area contributed by atoms with E-state index in [-0.39, 0.29) is 35.7 Å². The minimum Gasteiger partial charge on any atom is -0.458 e. The molecule has 2 atom stereocenters. The Hall–Kier alpha value is -3.79. The highest BCUT2D eigenvalue weighted by Gasteiger charge is 2.42. The molecule has 2 aliphatic rings. The number of benzene rings is 1. The van der Waals surface area contributed by atoms with Gasteiger partial charge in [-0.15, -0.1) is 11.3 Å². The number of esters is 1. The number of nitrogens with one attached hydrogen (secondary N) is 1. The van der Waals surface area contributed by atoms with E-state index < -0.39 is 6.10 Å². The van der Waals surface area contributed by atoms with Crippen LogP contribution in [0, 0.1) is 17.3 Å². The minimum atomic E-state index is -0.521. The number of anilines is 2. The van der Waals surface area contributed by atoms with Gasteiger partial charge < -0.3 is 19.9 Å². The fourth-order valence-corrected chi connectivity index (χ4v) is 6.54. The number of amides is 2. The van der Waals surface area contributed by atoms with Gasteiger partial charge in [0, 0.05) is 56.0 Å². The van der Waals surface area contributed by atoms with Gasteiger partial charge in [0.2, 0.25) is 5.91 Å². The van der Waals surface area contributed by atoms with E-state index >= 15 is 0 Å². The van der Waals surface area contributed by atoms with Gasteiger partial charge in [0.1, 0.15) is 22.6 Å². The van der Waals surface area contributed by atoms with Crippen molar-refractivity contribution in [2.75, 3.05) is 29.9 Å². The first kappa shape index (κ1) is 29.7. The molecule has 9 nitrogen and oxygen atoms in total. The fraction of sp³-hybridized carbons (Fsp3) is 0.469. The summed E-state index contributed by atoms with van der Waals surface area (Å²) in [6, 6.07) is 13.4. The van der Waals surface area contributed by atoms with Crippen molar-refractivity contribution in [3.05, 3.63) is 70.3 Å². The first-order valence-corrected chi connectivity index (χ1v) is 15.4. The van der Waals surface area contributed by atoms with E-state index in [1.807, 2.05) is 68.1 Å². The average Bonchev–Trinajstić information content (AvgIpc) is 3.41. The first-order valence-electron chi connectivity index (χ1n) is 14.6. The lowest BCUT2D eigenvalue weighted by atomic mass is 9.76. The predicted octanol–water partition coefficient (Wildman–Crippen LogP) is 5.71. The normalized spacial score (nSPS) is 19.7. The lowest BCUT2D eigenvalue weighted by molar-refractivity contribution is -0.149. The molecule has 42 heavy (non-hydrogen) atoms. The zero-order chi connectivity index (χ0) is 29.9. The third-order valence-electron chi connectivity index (χ3n) is 8.14. The van der Waals surface area contributed by atoms with Crippen molar-refractivity contribution in [1.82, 2.24) is 14.9 Å². The molecule has 1 saturated heterocycles. The molecule has 1 fully saturated rings. The van der Waals surface area contributed by atoms with Crippen LogP contribution < -0.4 is 10.2 Å². The summed E-state index contributed by atoms with van der Waals surface area (Å²) in [4.78, 5) is 52.0. The fourth-order valence-electron chi connectivity index (χ4n) is 5.79. The van der Waals surface area contributed by atoms with Crippen LogP contribution in [0.25, 0.3) is 0 Å². The van der Waals surface area contributed by atoms with Crippen LogP contribution in [0.4, 0.5) is 11.5 Å². The molecule has 2 amide bonds. The number of nitrogens with zero attached hydrogens (tertiary/aromatic N) is 4. The highest BCUT2D eigenvalue weighted by Crippen LogP contribution is 2.44. The van der Waals surface area contributed by atoms with E-state index in [1.54, 1.807) is 16.5 Å². The van der Waals surface area contributed by atoms with Crippen LogP contribution in [0.5, 0.6) is 0 Å². The topological polar surface area (TPSA) is 105 Å². The smallest absolute Gasteiger partial charge is 0.303 e. The van der Waals surface area contributed by atoms with Crippen LogP contribution in [-0.4, -0.2) is 52.3 Å². The van der Waals surface area contributed by atoms with Gasteiger partial charge in [0.15, 0.2) is 0 Å². The number of hydrogen-bond donors (Lipinski definition) is 1. The van der Waals surface area contributed by atoms with Crippen molar-refractivity contribution in [1.29, 1.82) is 0 Å². The van der Waals surface area contributed by atoms with Gasteiger partial charge in [-0.1, -0.05) is 45.0 Å². The average molecular weight is 590 g/mol. The van der Waals surface area contributed by atoms with E-state index in [0.29, 0.717) is 41.8 Å². The van der Waals surface area contributed by atoms with Crippen molar-refractivity contribution in [3.63, 3.8) is 0 Å². The molecule has 1 aromatic carbocycles. The second-order valence-corrected chi connectivity index (χ2v) is 13.1. The molecule has 10 heteroatoms. The molecule has 0 saturated carbocycles. The standard InChI is InChI=1S/C32H39N5O4S/c1-21(38)41-27-17-24(32(2,3)4)30(39)37(26-10-6-5-9-23(26)27)19-29-35-25(20-42-29)31(40)36-15-12-22(13-16-36)18-34-28-11-7-8-14-33-28/h5-11,14,20,22,24,27H,12-13,15-19H2,1-4H3,(H,33,34). The summed E-state index contributed by atoms with van der Waals surface area (Å²) in [7, 11) is 0.